The fourth-order valence-corrected chi connectivity index (χ4v) is 1.76. The first kappa shape index (κ1) is 14.7. The van der Waals surface area contributed by atoms with Crippen molar-refractivity contribution in [3.63, 3.8) is 0 Å². The van der Waals surface area contributed by atoms with E-state index in [1.54, 1.807) is 0 Å². The molecule has 114 valence electrons. The summed E-state index contributed by atoms with van der Waals surface area (Å²) < 4.78 is 5.25. The molecule has 1 amide bonds. The van der Waals surface area contributed by atoms with Crippen LogP contribution in [0.4, 0.5) is 11.8 Å². The van der Waals surface area contributed by atoms with Gasteiger partial charge in [0.25, 0.3) is 5.91 Å². The lowest BCUT2D eigenvalue weighted by molar-refractivity contribution is 0.0975. The van der Waals surface area contributed by atoms with Gasteiger partial charge in [-0.15, -0.1) is 5.10 Å². The number of ether oxygens (including phenoxy) is 1. The van der Waals surface area contributed by atoms with Crippen molar-refractivity contribution in [2.24, 2.45) is 16.8 Å². The lowest BCUT2D eigenvalue weighted by Gasteiger charge is -2.26. The van der Waals surface area contributed by atoms with Crippen molar-refractivity contribution in [2.45, 2.75) is 0 Å². The maximum atomic E-state index is 11.9. The summed E-state index contributed by atoms with van der Waals surface area (Å²) in [4.78, 5) is 22.1. The molecule has 0 saturated carbocycles. The molecule has 0 bridgehead atoms. The number of nitrogen functional groups attached to an aromatic ring is 1. The number of aromatic nitrogens is 2. The molecular weight excluding hydrogens is 278 g/mol. The summed E-state index contributed by atoms with van der Waals surface area (Å²) in [6, 6.07) is 0. The standard InChI is InChI=1S/C10H17N9O2/c11-7-6(8(20)16-9(17-12)18-13)5-14-10(15-7)19-1-3-21-4-2-19/h5H,1-4,12-13H2,(H2,11,14,15)(H2,16,17,18,20). The number of nitrogens with two attached hydrogens (primary N) is 3. The first-order valence-electron chi connectivity index (χ1n) is 6.16. The number of morpholine rings is 1. The number of carbonyl (C=O) groups is 1. The van der Waals surface area contributed by atoms with Crippen LogP contribution in [0.1, 0.15) is 10.4 Å². The summed E-state index contributed by atoms with van der Waals surface area (Å²) in [6.07, 6.45) is 1.34. The zero-order valence-corrected chi connectivity index (χ0v) is 11.2. The third kappa shape index (κ3) is 3.46. The SMILES string of the molecule is NN=C(NN)NC(=O)c1cnc(N2CCOCC2)nc1N. The molecule has 1 aliphatic rings. The molecule has 1 saturated heterocycles. The van der Waals surface area contributed by atoms with Gasteiger partial charge in [0.1, 0.15) is 11.4 Å². The Bertz CT molecular complexity index is 541. The lowest BCUT2D eigenvalue weighted by atomic mass is 10.3. The van der Waals surface area contributed by atoms with Crippen LogP contribution in [0.3, 0.4) is 0 Å². The molecular formula is C10H17N9O2. The zero-order valence-electron chi connectivity index (χ0n) is 11.2. The number of nitrogens with zero attached hydrogens (tertiary/aromatic N) is 4. The lowest BCUT2D eigenvalue weighted by Crippen LogP contribution is -2.45. The average molecular weight is 295 g/mol. The summed E-state index contributed by atoms with van der Waals surface area (Å²) in [5.41, 5.74) is 8.02. The number of amides is 1. The first-order chi connectivity index (χ1) is 10.2. The third-order valence-electron chi connectivity index (χ3n) is 2.84. The highest BCUT2D eigenvalue weighted by Gasteiger charge is 2.18. The predicted octanol–water partition coefficient (Wildman–Crippen LogP) is -2.68. The van der Waals surface area contributed by atoms with E-state index in [0.29, 0.717) is 32.3 Å². The maximum Gasteiger partial charge on any atom is 0.263 e. The van der Waals surface area contributed by atoms with Crippen molar-refractivity contribution in [1.29, 1.82) is 0 Å². The van der Waals surface area contributed by atoms with Gasteiger partial charge in [0.2, 0.25) is 11.9 Å². The van der Waals surface area contributed by atoms with Gasteiger partial charge in [0, 0.05) is 19.3 Å². The molecule has 8 N–H and O–H groups in total. The molecule has 11 heteroatoms. The van der Waals surface area contributed by atoms with Crippen LogP contribution in [0.25, 0.3) is 0 Å². The minimum atomic E-state index is -0.567. The van der Waals surface area contributed by atoms with Gasteiger partial charge < -0.3 is 21.2 Å². The van der Waals surface area contributed by atoms with E-state index in [2.05, 4.69) is 25.8 Å². The molecule has 0 aromatic carbocycles. The van der Waals surface area contributed by atoms with Gasteiger partial charge in [0.15, 0.2) is 0 Å². The Morgan fingerprint density at radius 1 is 1.43 bits per heavy atom. The van der Waals surface area contributed by atoms with Crippen molar-refractivity contribution in [3.8, 4) is 0 Å². The summed E-state index contributed by atoms with van der Waals surface area (Å²) >= 11 is 0. The van der Waals surface area contributed by atoms with Gasteiger partial charge in [-0.3, -0.25) is 15.5 Å². The zero-order chi connectivity index (χ0) is 15.2. The van der Waals surface area contributed by atoms with Crippen molar-refractivity contribution < 1.29 is 9.53 Å². The Kier molecular flexibility index (Phi) is 4.68. The van der Waals surface area contributed by atoms with Gasteiger partial charge in [-0.05, 0) is 0 Å². The Hall–Kier alpha value is -2.66. The molecule has 1 aromatic rings. The summed E-state index contributed by atoms with van der Waals surface area (Å²) in [5, 5.41) is 5.57. The van der Waals surface area contributed by atoms with Gasteiger partial charge in [0.05, 0.1) is 13.2 Å². The number of anilines is 2. The van der Waals surface area contributed by atoms with E-state index in [1.165, 1.54) is 6.20 Å². The van der Waals surface area contributed by atoms with E-state index in [9.17, 15) is 4.79 Å². The number of nitrogens with one attached hydrogen (secondary N) is 2. The minimum Gasteiger partial charge on any atom is -0.383 e. The number of guanidine groups is 1. The van der Waals surface area contributed by atoms with Crippen LogP contribution in [0.15, 0.2) is 11.3 Å². The van der Waals surface area contributed by atoms with Crippen molar-refractivity contribution >= 4 is 23.6 Å². The number of carbonyl (C=O) groups excluding carboxylic acids is 1. The Morgan fingerprint density at radius 3 is 2.71 bits per heavy atom. The van der Waals surface area contributed by atoms with Crippen LogP contribution < -0.4 is 33.1 Å². The van der Waals surface area contributed by atoms with Crippen LogP contribution in [0, 0.1) is 0 Å². The molecule has 0 aliphatic carbocycles. The molecule has 21 heavy (non-hydrogen) atoms. The first-order valence-corrected chi connectivity index (χ1v) is 6.16. The van der Waals surface area contributed by atoms with Crippen LogP contribution in [0.5, 0.6) is 0 Å². The fourth-order valence-electron chi connectivity index (χ4n) is 1.76. The normalized spacial score (nSPS) is 15.7. The van der Waals surface area contributed by atoms with Crippen LogP contribution in [-0.4, -0.2) is 48.1 Å². The van der Waals surface area contributed by atoms with Crippen molar-refractivity contribution in [3.05, 3.63) is 11.8 Å². The molecule has 0 unspecified atom stereocenters. The highest BCUT2D eigenvalue weighted by molar-refractivity contribution is 6.07. The molecule has 0 radical (unpaired) electrons. The van der Waals surface area contributed by atoms with Crippen LogP contribution >= 0.6 is 0 Å². The number of rotatable bonds is 2. The fraction of sp³-hybridized carbons (Fsp3) is 0.400. The van der Waals surface area contributed by atoms with E-state index in [0.717, 1.165) is 0 Å². The molecule has 2 rings (SSSR count). The Morgan fingerprint density at radius 2 is 2.14 bits per heavy atom. The Balaban J connectivity index is 2.13. The smallest absolute Gasteiger partial charge is 0.263 e. The van der Waals surface area contributed by atoms with Crippen LogP contribution in [-0.2, 0) is 4.74 Å². The van der Waals surface area contributed by atoms with E-state index < -0.39 is 5.91 Å². The van der Waals surface area contributed by atoms with Gasteiger partial charge in [-0.2, -0.15) is 4.98 Å². The van der Waals surface area contributed by atoms with E-state index in [4.69, 9.17) is 22.2 Å². The Labute approximate surface area is 120 Å². The van der Waals surface area contributed by atoms with Crippen molar-refractivity contribution in [1.82, 2.24) is 20.7 Å². The minimum absolute atomic E-state index is 0.0531. The van der Waals surface area contributed by atoms with Gasteiger partial charge in [-0.25, -0.2) is 10.8 Å². The van der Waals surface area contributed by atoms with Gasteiger partial charge in [-0.1, -0.05) is 0 Å². The van der Waals surface area contributed by atoms with E-state index in [1.807, 2.05) is 4.90 Å². The summed E-state index contributed by atoms with van der Waals surface area (Å²) in [6.45, 7) is 2.55. The van der Waals surface area contributed by atoms with E-state index >= 15 is 0 Å². The monoisotopic (exact) mass is 295 g/mol. The van der Waals surface area contributed by atoms with E-state index in [-0.39, 0.29) is 17.3 Å². The third-order valence-corrected chi connectivity index (χ3v) is 2.84. The molecule has 0 atom stereocenters. The second-order valence-electron chi connectivity index (χ2n) is 4.14. The molecule has 1 aliphatic heterocycles. The van der Waals surface area contributed by atoms with Crippen LogP contribution in [0.2, 0.25) is 0 Å². The van der Waals surface area contributed by atoms with Gasteiger partial charge >= 0.3 is 0 Å². The maximum absolute atomic E-state index is 11.9. The molecule has 2 heterocycles. The summed E-state index contributed by atoms with van der Waals surface area (Å²) in [7, 11) is 0. The second kappa shape index (κ2) is 6.67. The molecule has 1 aromatic heterocycles. The molecule has 11 nitrogen and oxygen atoms in total. The van der Waals surface area contributed by atoms with Crippen molar-refractivity contribution in [2.75, 3.05) is 36.9 Å². The topological polar surface area (TPSA) is 170 Å². The largest absolute Gasteiger partial charge is 0.383 e. The second-order valence-corrected chi connectivity index (χ2v) is 4.14. The highest BCUT2D eigenvalue weighted by Crippen LogP contribution is 2.14. The highest BCUT2D eigenvalue weighted by atomic mass is 16.5. The summed E-state index contributed by atoms with van der Waals surface area (Å²) in [5.74, 6) is 9.97. The number of hydrazone groups is 1. The molecule has 1 fully saturated rings. The quantitative estimate of drug-likeness (QED) is 0.169. The molecule has 0 spiro atoms. The number of hydrazine groups is 1. The average Bonchev–Trinajstić information content (AvgIpc) is 2.53. The number of hydrogen-bond acceptors (Lipinski definition) is 9. The number of hydrogen-bond donors (Lipinski definition) is 5. The predicted molar refractivity (Wildman–Crippen MR) is 75.9 cm³/mol.